The number of hydrogen-bond donors (Lipinski definition) is 0. The SMILES string of the molecule is CCCc1cccc(-c2ccc3c(c2)CCN(CC(=O)N2CCN(C4C=CCC4)CC2)C3)c1. The molecule has 0 aromatic heterocycles. The molecule has 174 valence electrons. The van der Waals surface area contributed by atoms with E-state index in [1.165, 1.54) is 47.1 Å². The van der Waals surface area contributed by atoms with Gasteiger partial charge in [-0.3, -0.25) is 14.6 Å². The summed E-state index contributed by atoms with van der Waals surface area (Å²) in [4.78, 5) is 19.9. The van der Waals surface area contributed by atoms with Crippen molar-refractivity contribution in [1.82, 2.24) is 14.7 Å². The zero-order valence-corrected chi connectivity index (χ0v) is 20.0. The Balaban J connectivity index is 1.16. The molecule has 0 saturated carbocycles. The highest BCUT2D eigenvalue weighted by Crippen LogP contribution is 2.27. The first-order chi connectivity index (χ1) is 16.2. The van der Waals surface area contributed by atoms with Crippen LogP contribution in [0.25, 0.3) is 11.1 Å². The van der Waals surface area contributed by atoms with Crippen LogP contribution >= 0.6 is 0 Å². The predicted molar refractivity (Wildman–Crippen MR) is 135 cm³/mol. The molecular weight excluding hydrogens is 406 g/mol. The molecule has 0 bridgehead atoms. The van der Waals surface area contributed by atoms with E-state index in [1.54, 1.807) is 0 Å². The van der Waals surface area contributed by atoms with Crippen LogP contribution in [0.15, 0.2) is 54.6 Å². The largest absolute Gasteiger partial charge is 0.339 e. The van der Waals surface area contributed by atoms with Crippen LogP contribution in [0, 0.1) is 0 Å². The first-order valence-electron chi connectivity index (χ1n) is 12.8. The lowest BCUT2D eigenvalue weighted by atomic mass is 9.93. The molecule has 2 aromatic carbocycles. The van der Waals surface area contributed by atoms with Crippen LogP contribution in [-0.2, 0) is 24.2 Å². The van der Waals surface area contributed by atoms with Gasteiger partial charge in [-0.2, -0.15) is 0 Å². The molecule has 4 nitrogen and oxygen atoms in total. The second kappa shape index (κ2) is 10.2. The van der Waals surface area contributed by atoms with Crippen molar-refractivity contribution in [2.45, 2.75) is 51.6 Å². The summed E-state index contributed by atoms with van der Waals surface area (Å²) < 4.78 is 0. The maximum Gasteiger partial charge on any atom is 0.236 e. The van der Waals surface area contributed by atoms with Crippen LogP contribution in [0.2, 0.25) is 0 Å². The lowest BCUT2D eigenvalue weighted by molar-refractivity contribution is -0.134. The van der Waals surface area contributed by atoms with Gasteiger partial charge in [0.2, 0.25) is 5.91 Å². The smallest absolute Gasteiger partial charge is 0.236 e. The Morgan fingerprint density at radius 2 is 1.82 bits per heavy atom. The van der Waals surface area contributed by atoms with Gasteiger partial charge in [-0.15, -0.1) is 0 Å². The molecule has 4 heteroatoms. The van der Waals surface area contributed by atoms with Gasteiger partial charge in [0.1, 0.15) is 0 Å². The summed E-state index contributed by atoms with van der Waals surface area (Å²) in [6, 6.07) is 16.5. The number of allylic oxidation sites excluding steroid dienone is 1. The Labute approximate surface area is 198 Å². The third-order valence-electron chi connectivity index (χ3n) is 7.58. The fourth-order valence-corrected chi connectivity index (χ4v) is 5.64. The molecule has 1 aliphatic carbocycles. The van der Waals surface area contributed by atoms with E-state index in [4.69, 9.17) is 0 Å². The number of nitrogens with zero attached hydrogens (tertiary/aromatic N) is 3. The summed E-state index contributed by atoms with van der Waals surface area (Å²) >= 11 is 0. The van der Waals surface area contributed by atoms with Crippen molar-refractivity contribution in [2.24, 2.45) is 0 Å². The average molecular weight is 444 g/mol. The van der Waals surface area contributed by atoms with E-state index in [1.807, 2.05) is 0 Å². The van der Waals surface area contributed by atoms with Crippen molar-refractivity contribution in [1.29, 1.82) is 0 Å². The van der Waals surface area contributed by atoms with Gasteiger partial charge in [0.25, 0.3) is 0 Å². The Kier molecular flexibility index (Phi) is 6.93. The lowest BCUT2D eigenvalue weighted by Gasteiger charge is -2.38. The topological polar surface area (TPSA) is 26.8 Å². The molecule has 0 radical (unpaired) electrons. The van der Waals surface area contributed by atoms with Crippen LogP contribution in [0.3, 0.4) is 0 Å². The predicted octanol–water partition coefficient (Wildman–Crippen LogP) is 4.53. The minimum atomic E-state index is 0.296. The standard InChI is InChI=1S/C29H37N3O/c1-2-6-23-7-5-8-24(19-23)25-11-12-27-21-30(14-13-26(27)20-25)22-29(33)32-17-15-31(16-18-32)28-9-3-4-10-28/h3,5,7-9,11-12,19-20,28H,2,4,6,10,13-18,21-22H2,1H3. The van der Waals surface area contributed by atoms with E-state index in [2.05, 4.69) is 76.2 Å². The third kappa shape index (κ3) is 5.23. The first kappa shape index (κ1) is 22.4. The molecule has 1 unspecified atom stereocenters. The molecule has 1 saturated heterocycles. The zero-order valence-electron chi connectivity index (χ0n) is 20.0. The molecular formula is C29H37N3O. The molecule has 1 amide bonds. The molecule has 1 atom stereocenters. The van der Waals surface area contributed by atoms with Crippen molar-refractivity contribution in [3.63, 3.8) is 0 Å². The number of rotatable bonds is 6. The van der Waals surface area contributed by atoms with E-state index in [-0.39, 0.29) is 0 Å². The van der Waals surface area contributed by atoms with Crippen LogP contribution in [0.4, 0.5) is 0 Å². The van der Waals surface area contributed by atoms with Gasteiger partial charge in [-0.25, -0.2) is 0 Å². The fourth-order valence-electron chi connectivity index (χ4n) is 5.64. The van der Waals surface area contributed by atoms with Crippen LogP contribution in [0.1, 0.15) is 42.9 Å². The number of fused-ring (bicyclic) bond motifs is 1. The van der Waals surface area contributed by atoms with E-state index < -0.39 is 0 Å². The van der Waals surface area contributed by atoms with Gasteiger partial charge in [0.15, 0.2) is 0 Å². The molecule has 33 heavy (non-hydrogen) atoms. The quantitative estimate of drug-likeness (QED) is 0.614. The first-order valence-corrected chi connectivity index (χ1v) is 12.8. The Hall–Kier alpha value is -2.43. The van der Waals surface area contributed by atoms with Crippen LogP contribution in [-0.4, -0.2) is 65.9 Å². The van der Waals surface area contributed by atoms with Crippen molar-refractivity contribution in [3.05, 3.63) is 71.3 Å². The highest BCUT2D eigenvalue weighted by atomic mass is 16.2. The fraction of sp³-hybridized carbons (Fsp3) is 0.483. The maximum absolute atomic E-state index is 13.0. The molecule has 1 fully saturated rings. The lowest BCUT2D eigenvalue weighted by Crippen LogP contribution is -2.53. The Morgan fingerprint density at radius 1 is 0.970 bits per heavy atom. The van der Waals surface area contributed by atoms with Crippen molar-refractivity contribution in [3.8, 4) is 11.1 Å². The van der Waals surface area contributed by atoms with E-state index >= 15 is 0 Å². The number of carbonyl (C=O) groups is 1. The molecule has 3 aliphatic rings. The van der Waals surface area contributed by atoms with Crippen molar-refractivity contribution >= 4 is 5.91 Å². The van der Waals surface area contributed by atoms with Gasteiger partial charge in [-0.1, -0.05) is 68.0 Å². The minimum absolute atomic E-state index is 0.296. The van der Waals surface area contributed by atoms with Gasteiger partial charge < -0.3 is 4.90 Å². The molecule has 2 aromatic rings. The number of benzene rings is 2. The number of amides is 1. The molecule has 2 aliphatic heterocycles. The second-order valence-electron chi connectivity index (χ2n) is 9.88. The maximum atomic E-state index is 13.0. The zero-order chi connectivity index (χ0) is 22.6. The highest BCUT2D eigenvalue weighted by Gasteiger charge is 2.27. The van der Waals surface area contributed by atoms with E-state index in [9.17, 15) is 4.79 Å². The number of hydrogen-bond acceptors (Lipinski definition) is 3. The minimum Gasteiger partial charge on any atom is -0.339 e. The van der Waals surface area contributed by atoms with Crippen molar-refractivity contribution < 1.29 is 4.79 Å². The summed E-state index contributed by atoms with van der Waals surface area (Å²) in [6.45, 7) is 8.37. The number of aryl methyl sites for hydroxylation is 1. The summed E-state index contributed by atoms with van der Waals surface area (Å²) in [5.41, 5.74) is 6.86. The Morgan fingerprint density at radius 3 is 2.61 bits per heavy atom. The average Bonchev–Trinajstić information content (AvgIpc) is 3.39. The van der Waals surface area contributed by atoms with Gasteiger partial charge in [0.05, 0.1) is 6.54 Å². The number of piperazine rings is 1. The number of carbonyl (C=O) groups excluding carboxylic acids is 1. The van der Waals surface area contributed by atoms with Crippen LogP contribution < -0.4 is 0 Å². The normalized spacial score (nSPS) is 21.4. The molecule has 0 N–H and O–H groups in total. The van der Waals surface area contributed by atoms with E-state index in [0.29, 0.717) is 18.5 Å². The summed E-state index contributed by atoms with van der Waals surface area (Å²) in [5, 5.41) is 0. The molecule has 2 heterocycles. The highest BCUT2D eigenvalue weighted by molar-refractivity contribution is 5.78. The summed E-state index contributed by atoms with van der Waals surface area (Å²) in [5.74, 6) is 0.296. The van der Waals surface area contributed by atoms with Gasteiger partial charge >= 0.3 is 0 Å². The monoisotopic (exact) mass is 443 g/mol. The summed E-state index contributed by atoms with van der Waals surface area (Å²) in [6.07, 6.45) is 10.4. The molecule has 5 rings (SSSR count). The third-order valence-corrected chi connectivity index (χ3v) is 7.58. The second-order valence-corrected chi connectivity index (χ2v) is 9.88. The van der Waals surface area contributed by atoms with Crippen molar-refractivity contribution in [2.75, 3.05) is 39.3 Å². The van der Waals surface area contributed by atoms with E-state index in [0.717, 1.165) is 52.1 Å². The summed E-state index contributed by atoms with van der Waals surface area (Å²) in [7, 11) is 0. The van der Waals surface area contributed by atoms with Gasteiger partial charge in [0, 0.05) is 45.3 Å². The van der Waals surface area contributed by atoms with Gasteiger partial charge in [-0.05, 0) is 53.5 Å². The van der Waals surface area contributed by atoms with Crippen LogP contribution in [0.5, 0.6) is 0 Å². The molecule has 0 spiro atoms. The Bertz CT molecular complexity index is 1010.